The fraction of sp³-hybridized carbons (Fsp3) is 0.591. The monoisotopic (exact) mass is 384 g/mol. The van der Waals surface area contributed by atoms with Gasteiger partial charge in [-0.25, -0.2) is 0 Å². The molecular weight excluding hydrogens is 351 g/mol. The third-order valence-electron chi connectivity index (χ3n) is 6.07. The molecule has 2 aliphatic heterocycles. The van der Waals surface area contributed by atoms with Crippen LogP contribution in [0.4, 0.5) is 5.69 Å². The smallest absolute Gasteiger partial charge is 0.400 e. The Morgan fingerprint density at radius 3 is 2.32 bits per heavy atom. The molecule has 28 heavy (non-hydrogen) atoms. The Hall–Kier alpha value is -1.79. The Bertz CT molecular complexity index is 723. The van der Waals surface area contributed by atoms with Crippen molar-refractivity contribution in [2.45, 2.75) is 65.1 Å². The van der Waals surface area contributed by atoms with Gasteiger partial charge in [0.25, 0.3) is 0 Å². The van der Waals surface area contributed by atoms with Gasteiger partial charge < -0.3 is 19.5 Å². The number of amides is 1. The number of nitrogens with one attached hydrogen (secondary N) is 1. The molecule has 152 valence electrons. The molecule has 0 aliphatic carbocycles. The molecule has 0 saturated carbocycles. The average molecular weight is 384 g/mol. The van der Waals surface area contributed by atoms with E-state index in [2.05, 4.69) is 40.6 Å². The molecule has 0 aromatic heterocycles. The predicted molar refractivity (Wildman–Crippen MR) is 115 cm³/mol. The van der Waals surface area contributed by atoms with E-state index in [-0.39, 0.29) is 5.91 Å². The number of hydrogen-bond donors (Lipinski definition) is 1. The summed E-state index contributed by atoms with van der Waals surface area (Å²) in [5.74, 6) is -0.0632. The van der Waals surface area contributed by atoms with Crippen LogP contribution in [-0.4, -0.2) is 43.9 Å². The van der Waals surface area contributed by atoms with Crippen molar-refractivity contribution in [3.05, 3.63) is 35.3 Å². The molecule has 2 fully saturated rings. The molecule has 5 nitrogen and oxygen atoms in total. The predicted octanol–water partition coefficient (Wildman–Crippen LogP) is 3.83. The number of hydrogen-bond acceptors (Lipinski definition) is 4. The summed E-state index contributed by atoms with van der Waals surface area (Å²) in [6.07, 6.45) is 5.89. The van der Waals surface area contributed by atoms with Crippen molar-refractivity contribution >= 4 is 24.8 Å². The Balaban J connectivity index is 1.93. The number of anilines is 1. The summed E-state index contributed by atoms with van der Waals surface area (Å²) in [6.45, 7) is 12.3. The van der Waals surface area contributed by atoms with Gasteiger partial charge in [-0.3, -0.25) is 4.79 Å². The maximum Gasteiger partial charge on any atom is 0.492 e. The highest BCUT2D eigenvalue weighted by atomic mass is 16.7. The second kappa shape index (κ2) is 8.30. The van der Waals surface area contributed by atoms with E-state index in [0.717, 1.165) is 24.1 Å². The van der Waals surface area contributed by atoms with Gasteiger partial charge in [0.1, 0.15) is 0 Å². The van der Waals surface area contributed by atoms with Crippen molar-refractivity contribution in [3.63, 3.8) is 0 Å². The van der Waals surface area contributed by atoms with Gasteiger partial charge in [-0.1, -0.05) is 24.3 Å². The molecule has 0 radical (unpaired) electrons. The third kappa shape index (κ3) is 4.61. The number of rotatable bonds is 5. The van der Waals surface area contributed by atoms with E-state index in [4.69, 9.17) is 9.31 Å². The normalized spacial score (nSPS) is 21.7. The number of nitrogens with zero attached hydrogens (tertiary/aromatic N) is 1. The van der Waals surface area contributed by atoms with Crippen LogP contribution in [-0.2, 0) is 14.1 Å². The number of carbonyl (C=O) groups excluding carboxylic acids is 1. The van der Waals surface area contributed by atoms with Gasteiger partial charge in [-0.05, 0) is 64.1 Å². The van der Waals surface area contributed by atoms with Crippen molar-refractivity contribution in [3.8, 4) is 0 Å². The molecule has 1 aromatic carbocycles. The van der Waals surface area contributed by atoms with Gasteiger partial charge in [0.05, 0.1) is 11.2 Å². The van der Waals surface area contributed by atoms with Crippen LogP contribution >= 0.6 is 0 Å². The number of carbonyl (C=O) groups is 1. The van der Waals surface area contributed by atoms with Gasteiger partial charge in [-0.2, -0.15) is 0 Å². The van der Waals surface area contributed by atoms with E-state index < -0.39 is 18.3 Å². The summed E-state index contributed by atoms with van der Waals surface area (Å²) in [5.41, 5.74) is 2.47. The summed E-state index contributed by atoms with van der Waals surface area (Å²) < 4.78 is 12.5. The summed E-state index contributed by atoms with van der Waals surface area (Å²) in [5, 5.41) is 2.92. The maximum atomic E-state index is 11.6. The first kappa shape index (κ1) is 20.9. The van der Waals surface area contributed by atoms with E-state index in [0.29, 0.717) is 6.54 Å². The number of piperidine rings is 1. The molecule has 1 N–H and O–H groups in total. The summed E-state index contributed by atoms with van der Waals surface area (Å²) in [4.78, 5) is 14.0. The summed E-state index contributed by atoms with van der Waals surface area (Å²) in [7, 11) is -0.480. The largest absolute Gasteiger partial charge is 0.492 e. The second-order valence-corrected chi connectivity index (χ2v) is 8.82. The Morgan fingerprint density at radius 1 is 1.11 bits per heavy atom. The molecule has 0 bridgehead atoms. The summed E-state index contributed by atoms with van der Waals surface area (Å²) >= 11 is 0. The lowest BCUT2D eigenvalue weighted by Crippen LogP contribution is -2.41. The minimum absolute atomic E-state index is 0.0632. The minimum Gasteiger partial charge on any atom is -0.400 e. The van der Waals surface area contributed by atoms with Crippen LogP contribution in [0.2, 0.25) is 0 Å². The number of benzene rings is 1. The summed E-state index contributed by atoms with van der Waals surface area (Å²) in [6, 6.07) is 8.45. The van der Waals surface area contributed by atoms with Gasteiger partial charge >= 0.3 is 7.12 Å². The van der Waals surface area contributed by atoms with Gasteiger partial charge in [0.15, 0.2) is 0 Å². The molecule has 0 atom stereocenters. The fourth-order valence-corrected chi connectivity index (χ4v) is 3.66. The second-order valence-electron chi connectivity index (χ2n) is 8.82. The topological polar surface area (TPSA) is 50.8 Å². The van der Waals surface area contributed by atoms with Crippen LogP contribution in [0.25, 0.3) is 6.08 Å². The van der Waals surface area contributed by atoms with Crippen LogP contribution in [0.3, 0.4) is 0 Å². The molecule has 6 heteroatoms. The number of para-hydroxylation sites is 1. The lowest BCUT2D eigenvalue weighted by molar-refractivity contribution is -0.118. The van der Waals surface area contributed by atoms with E-state index in [9.17, 15) is 4.79 Å². The van der Waals surface area contributed by atoms with E-state index in [1.165, 1.54) is 31.9 Å². The molecule has 2 heterocycles. The van der Waals surface area contributed by atoms with E-state index >= 15 is 0 Å². The molecule has 0 spiro atoms. The maximum absolute atomic E-state index is 11.6. The van der Waals surface area contributed by atoms with Gasteiger partial charge in [0, 0.05) is 32.2 Å². The first-order chi connectivity index (χ1) is 13.2. The van der Waals surface area contributed by atoms with Crippen LogP contribution in [0.5, 0.6) is 0 Å². The Labute approximate surface area is 169 Å². The average Bonchev–Trinajstić information content (AvgIpc) is 2.87. The van der Waals surface area contributed by atoms with Crippen molar-refractivity contribution in [1.29, 1.82) is 0 Å². The highest BCUT2D eigenvalue weighted by Gasteiger charge is 2.52. The SMILES string of the molecule is CC(=O)NCC(=Cc1ccccc1N1CCCCC1)B1OC(C)(C)C(C)(C)O1. The quantitative estimate of drug-likeness (QED) is 0.784. The van der Waals surface area contributed by atoms with Crippen LogP contribution in [0, 0.1) is 0 Å². The zero-order chi connectivity index (χ0) is 20.4. The van der Waals surface area contributed by atoms with Crippen molar-refractivity contribution in [1.82, 2.24) is 5.32 Å². The fourth-order valence-electron chi connectivity index (χ4n) is 3.66. The highest BCUT2D eigenvalue weighted by Crippen LogP contribution is 2.39. The molecule has 1 amide bonds. The molecule has 3 rings (SSSR count). The third-order valence-corrected chi connectivity index (χ3v) is 6.07. The highest BCUT2D eigenvalue weighted by molar-refractivity contribution is 6.56. The first-order valence-corrected chi connectivity index (χ1v) is 10.3. The van der Waals surface area contributed by atoms with E-state index in [1.54, 1.807) is 0 Å². The molecule has 2 saturated heterocycles. The first-order valence-electron chi connectivity index (χ1n) is 10.3. The Morgan fingerprint density at radius 2 is 1.71 bits per heavy atom. The van der Waals surface area contributed by atoms with Crippen LogP contribution < -0.4 is 10.2 Å². The van der Waals surface area contributed by atoms with Crippen molar-refractivity contribution in [2.75, 3.05) is 24.5 Å². The minimum atomic E-state index is -0.480. The molecule has 1 aromatic rings. The standard InChI is InChI=1S/C22H33BN2O3/c1-17(26)24-16-19(23-27-21(2,3)22(4,5)28-23)15-18-11-7-8-12-20(18)25-13-9-6-10-14-25/h7-8,11-12,15H,6,9-10,13-14,16H2,1-5H3,(H,24,26). The molecule has 0 unspecified atom stereocenters. The van der Waals surface area contributed by atoms with Crippen LogP contribution in [0.15, 0.2) is 29.7 Å². The van der Waals surface area contributed by atoms with E-state index in [1.807, 2.05) is 27.7 Å². The van der Waals surface area contributed by atoms with Crippen LogP contribution in [0.1, 0.15) is 59.4 Å². The Kier molecular flexibility index (Phi) is 6.20. The lowest BCUT2D eigenvalue weighted by atomic mass is 9.76. The van der Waals surface area contributed by atoms with Crippen molar-refractivity contribution < 1.29 is 14.1 Å². The zero-order valence-corrected chi connectivity index (χ0v) is 17.9. The zero-order valence-electron chi connectivity index (χ0n) is 17.9. The molecule has 2 aliphatic rings. The lowest BCUT2D eigenvalue weighted by Gasteiger charge is -2.32. The molecular formula is C22H33BN2O3. The van der Waals surface area contributed by atoms with Crippen molar-refractivity contribution in [2.24, 2.45) is 0 Å². The van der Waals surface area contributed by atoms with Gasteiger partial charge in [0.2, 0.25) is 5.91 Å². The van der Waals surface area contributed by atoms with Gasteiger partial charge in [-0.15, -0.1) is 0 Å².